The first-order valence-corrected chi connectivity index (χ1v) is 10.3. The third-order valence-electron chi connectivity index (χ3n) is 5.66. The second kappa shape index (κ2) is 8.52. The first kappa shape index (κ1) is 19.8. The summed E-state index contributed by atoms with van der Waals surface area (Å²) in [5, 5.41) is 12.0. The van der Waals surface area contributed by atoms with Crippen molar-refractivity contribution in [3.05, 3.63) is 63.1 Å². The predicted octanol–water partition coefficient (Wildman–Crippen LogP) is 0.339. The standard InChI is InChI=1S/C20H23FN8O2/c21-15-3-1-14(2-4-15)11-29-18(24-25-26-29)13-27-6-5-17-16(12-27)19(30)23-20(22-17)28-7-9-31-10-8-28/h1-4H,5-13H2,(H,22,23,30). The van der Waals surface area contributed by atoms with Gasteiger partial charge in [0.15, 0.2) is 5.82 Å². The summed E-state index contributed by atoms with van der Waals surface area (Å²) in [7, 11) is 0. The number of H-pyrrole nitrogens is 1. The van der Waals surface area contributed by atoms with E-state index in [1.807, 2.05) is 0 Å². The fourth-order valence-corrected chi connectivity index (χ4v) is 3.95. The summed E-state index contributed by atoms with van der Waals surface area (Å²) in [5.74, 6) is 1.05. The van der Waals surface area contributed by atoms with E-state index in [1.54, 1.807) is 16.8 Å². The van der Waals surface area contributed by atoms with Gasteiger partial charge in [-0.3, -0.25) is 14.7 Å². The van der Waals surface area contributed by atoms with Gasteiger partial charge in [-0.2, -0.15) is 0 Å². The largest absolute Gasteiger partial charge is 0.378 e. The van der Waals surface area contributed by atoms with Crippen molar-refractivity contribution < 1.29 is 9.13 Å². The molecule has 11 heteroatoms. The number of hydrogen-bond donors (Lipinski definition) is 1. The zero-order valence-electron chi connectivity index (χ0n) is 17.0. The van der Waals surface area contributed by atoms with Crippen molar-refractivity contribution >= 4 is 5.95 Å². The average Bonchev–Trinajstić information content (AvgIpc) is 3.22. The number of ether oxygens (including phenoxy) is 1. The van der Waals surface area contributed by atoms with E-state index in [1.165, 1.54) is 12.1 Å². The maximum absolute atomic E-state index is 13.1. The van der Waals surface area contributed by atoms with Crippen LogP contribution in [0.4, 0.5) is 10.3 Å². The van der Waals surface area contributed by atoms with E-state index >= 15 is 0 Å². The number of morpholine rings is 1. The summed E-state index contributed by atoms with van der Waals surface area (Å²) in [4.78, 5) is 24.6. The van der Waals surface area contributed by atoms with Crippen LogP contribution in [0.25, 0.3) is 0 Å². The van der Waals surface area contributed by atoms with Crippen LogP contribution in [-0.4, -0.2) is 67.9 Å². The maximum atomic E-state index is 13.1. The number of nitrogens with zero attached hydrogens (tertiary/aromatic N) is 7. The fraction of sp³-hybridized carbons (Fsp3) is 0.450. The Balaban J connectivity index is 1.29. The van der Waals surface area contributed by atoms with Gasteiger partial charge in [0.05, 0.1) is 37.6 Å². The Morgan fingerprint density at radius 3 is 2.71 bits per heavy atom. The average molecular weight is 426 g/mol. The van der Waals surface area contributed by atoms with Crippen LogP contribution in [-0.2, 0) is 30.8 Å². The molecule has 0 aliphatic carbocycles. The smallest absolute Gasteiger partial charge is 0.257 e. The van der Waals surface area contributed by atoms with Crippen LogP contribution in [0.5, 0.6) is 0 Å². The molecule has 0 atom stereocenters. The second-order valence-corrected chi connectivity index (χ2v) is 7.75. The van der Waals surface area contributed by atoms with Gasteiger partial charge < -0.3 is 9.64 Å². The van der Waals surface area contributed by atoms with Crippen molar-refractivity contribution in [3.8, 4) is 0 Å². The molecule has 0 saturated carbocycles. The molecule has 1 N–H and O–H groups in total. The van der Waals surface area contributed by atoms with Crippen LogP contribution in [0, 0.1) is 5.82 Å². The van der Waals surface area contributed by atoms with Gasteiger partial charge in [-0.25, -0.2) is 14.1 Å². The van der Waals surface area contributed by atoms with E-state index in [0.717, 1.165) is 30.9 Å². The highest BCUT2D eigenvalue weighted by Crippen LogP contribution is 2.18. The minimum atomic E-state index is -0.275. The van der Waals surface area contributed by atoms with Gasteiger partial charge in [-0.1, -0.05) is 12.1 Å². The Morgan fingerprint density at radius 2 is 1.90 bits per heavy atom. The number of aromatic nitrogens is 6. The second-order valence-electron chi connectivity index (χ2n) is 7.75. The number of rotatable bonds is 5. The number of nitrogens with one attached hydrogen (secondary N) is 1. The Bertz CT molecular complexity index is 1110. The summed E-state index contributed by atoms with van der Waals surface area (Å²) in [6.45, 7) is 4.95. The summed E-state index contributed by atoms with van der Waals surface area (Å²) in [5.41, 5.74) is 2.37. The molecule has 1 saturated heterocycles. The van der Waals surface area contributed by atoms with Gasteiger partial charge in [-0.15, -0.1) is 5.10 Å². The van der Waals surface area contributed by atoms with Gasteiger partial charge in [0.25, 0.3) is 5.56 Å². The highest BCUT2D eigenvalue weighted by Gasteiger charge is 2.24. The number of halogens is 1. The molecule has 0 unspecified atom stereocenters. The lowest BCUT2D eigenvalue weighted by atomic mass is 10.1. The Morgan fingerprint density at radius 1 is 1.10 bits per heavy atom. The number of fused-ring (bicyclic) bond motifs is 1. The van der Waals surface area contributed by atoms with E-state index in [-0.39, 0.29) is 11.4 Å². The van der Waals surface area contributed by atoms with Crippen molar-refractivity contribution in [2.24, 2.45) is 0 Å². The quantitative estimate of drug-likeness (QED) is 0.623. The molecular formula is C20H23FN8O2. The topological polar surface area (TPSA) is 105 Å². The third kappa shape index (κ3) is 4.32. The van der Waals surface area contributed by atoms with Crippen molar-refractivity contribution in [2.45, 2.75) is 26.1 Å². The van der Waals surface area contributed by atoms with Gasteiger partial charge in [0.2, 0.25) is 5.95 Å². The number of anilines is 1. The Kier molecular flexibility index (Phi) is 5.43. The number of tetrazole rings is 1. The monoisotopic (exact) mass is 426 g/mol. The first-order chi connectivity index (χ1) is 15.2. The van der Waals surface area contributed by atoms with Crippen molar-refractivity contribution in [2.75, 3.05) is 37.7 Å². The normalized spacial score (nSPS) is 17.0. The van der Waals surface area contributed by atoms with Gasteiger partial charge in [0, 0.05) is 32.6 Å². The molecule has 0 radical (unpaired) electrons. The molecule has 2 aromatic heterocycles. The van der Waals surface area contributed by atoms with Crippen LogP contribution in [0.2, 0.25) is 0 Å². The molecular weight excluding hydrogens is 403 g/mol. The summed E-state index contributed by atoms with van der Waals surface area (Å²) < 4.78 is 20.2. The van der Waals surface area contributed by atoms with Crippen LogP contribution in [0.1, 0.15) is 22.6 Å². The highest BCUT2D eigenvalue weighted by atomic mass is 19.1. The zero-order valence-corrected chi connectivity index (χ0v) is 17.0. The molecule has 0 amide bonds. The maximum Gasteiger partial charge on any atom is 0.257 e. The Labute approximate surface area is 177 Å². The highest BCUT2D eigenvalue weighted by molar-refractivity contribution is 5.34. The molecule has 3 aromatic rings. The molecule has 2 aliphatic heterocycles. The summed E-state index contributed by atoms with van der Waals surface area (Å²) >= 11 is 0. The van der Waals surface area contributed by atoms with Crippen LogP contribution >= 0.6 is 0 Å². The minimum Gasteiger partial charge on any atom is -0.378 e. The van der Waals surface area contributed by atoms with E-state index in [0.29, 0.717) is 56.6 Å². The van der Waals surface area contributed by atoms with E-state index in [4.69, 9.17) is 9.72 Å². The fourth-order valence-electron chi connectivity index (χ4n) is 3.95. The minimum absolute atomic E-state index is 0.0953. The van der Waals surface area contributed by atoms with Gasteiger partial charge in [-0.05, 0) is 28.1 Å². The van der Waals surface area contributed by atoms with E-state index < -0.39 is 0 Å². The predicted molar refractivity (Wildman–Crippen MR) is 109 cm³/mol. The van der Waals surface area contributed by atoms with Crippen molar-refractivity contribution in [3.63, 3.8) is 0 Å². The summed E-state index contributed by atoms with van der Waals surface area (Å²) in [6, 6.07) is 6.28. The molecule has 10 nitrogen and oxygen atoms in total. The molecule has 1 fully saturated rings. The van der Waals surface area contributed by atoms with Crippen LogP contribution in [0.3, 0.4) is 0 Å². The molecule has 31 heavy (non-hydrogen) atoms. The summed E-state index contributed by atoms with van der Waals surface area (Å²) in [6.07, 6.45) is 0.691. The van der Waals surface area contributed by atoms with E-state index in [2.05, 4.69) is 30.3 Å². The SMILES string of the molecule is O=c1[nH]c(N2CCOCC2)nc2c1CN(Cc1nnnn1Cc1ccc(F)cc1)CC2. The Hall–Kier alpha value is -3.18. The lowest BCUT2D eigenvalue weighted by molar-refractivity contribution is 0.122. The molecule has 5 rings (SSSR count). The van der Waals surface area contributed by atoms with Crippen LogP contribution < -0.4 is 10.5 Å². The third-order valence-corrected chi connectivity index (χ3v) is 5.66. The zero-order chi connectivity index (χ0) is 21.2. The molecule has 162 valence electrons. The lowest BCUT2D eigenvalue weighted by Crippen LogP contribution is -2.41. The number of benzene rings is 1. The van der Waals surface area contributed by atoms with Gasteiger partial charge >= 0.3 is 0 Å². The first-order valence-electron chi connectivity index (χ1n) is 10.3. The molecule has 2 aliphatic rings. The van der Waals surface area contributed by atoms with E-state index in [9.17, 15) is 9.18 Å². The number of aromatic amines is 1. The molecule has 0 bridgehead atoms. The number of hydrogen-bond acceptors (Lipinski definition) is 8. The lowest BCUT2D eigenvalue weighted by Gasteiger charge is -2.30. The van der Waals surface area contributed by atoms with Gasteiger partial charge in [0.1, 0.15) is 5.82 Å². The molecule has 0 spiro atoms. The van der Waals surface area contributed by atoms with Crippen molar-refractivity contribution in [1.29, 1.82) is 0 Å². The van der Waals surface area contributed by atoms with Crippen molar-refractivity contribution in [1.82, 2.24) is 35.1 Å². The molecule has 4 heterocycles. The van der Waals surface area contributed by atoms with Crippen LogP contribution in [0.15, 0.2) is 29.1 Å². The molecule has 1 aromatic carbocycles.